The highest BCUT2D eigenvalue weighted by Crippen LogP contribution is 1.93. The van der Waals surface area contributed by atoms with Crippen LogP contribution in [0.2, 0.25) is 0 Å². The minimum absolute atomic E-state index is 0. The smallest absolute Gasteiger partial charge is 0.333 e. The van der Waals surface area contributed by atoms with Gasteiger partial charge in [0.2, 0.25) is 0 Å². The van der Waals surface area contributed by atoms with Gasteiger partial charge in [-0.3, -0.25) is 0 Å². The Balaban J connectivity index is 0.000001000. The fourth-order valence-electron chi connectivity index (χ4n) is 1.00. The molecule has 2 nitrogen and oxygen atoms in total. The van der Waals surface area contributed by atoms with Gasteiger partial charge >= 0.3 is 5.90 Å². The Morgan fingerprint density at radius 3 is 2.82 bits per heavy atom. The highest BCUT2D eigenvalue weighted by atomic mass is 79.9. The molecule has 0 unspecified atom stereocenters. The van der Waals surface area contributed by atoms with Crippen molar-refractivity contribution in [3.63, 3.8) is 0 Å². The van der Waals surface area contributed by atoms with Crippen molar-refractivity contribution in [3.05, 3.63) is 12.2 Å². The molecule has 0 N–H and O–H groups in total. The van der Waals surface area contributed by atoms with Crippen LogP contribution < -0.4 is 17.0 Å². The van der Waals surface area contributed by atoms with Crippen LogP contribution in [0.4, 0.5) is 0 Å². The van der Waals surface area contributed by atoms with Crippen molar-refractivity contribution in [2.24, 2.45) is 0 Å². The molecular weight excluding hydrogens is 206 g/mol. The van der Waals surface area contributed by atoms with E-state index >= 15 is 0 Å². The summed E-state index contributed by atoms with van der Waals surface area (Å²) in [6, 6.07) is 0. The summed E-state index contributed by atoms with van der Waals surface area (Å²) < 4.78 is 7.49. The third-order valence-electron chi connectivity index (χ3n) is 1.68. The van der Waals surface area contributed by atoms with Crippen molar-refractivity contribution in [2.45, 2.75) is 13.8 Å². The number of ether oxygens (including phenoxy) is 1. The molecule has 0 aromatic carbocycles. The lowest BCUT2D eigenvalue weighted by atomic mass is 10.5. The van der Waals surface area contributed by atoms with E-state index in [1.165, 1.54) is 0 Å². The molecular formula is C8H14BrNO. The van der Waals surface area contributed by atoms with E-state index in [1.807, 2.05) is 13.8 Å². The normalized spacial score (nSPS) is 16.9. The van der Waals surface area contributed by atoms with Crippen LogP contribution in [0.3, 0.4) is 0 Å². The molecule has 0 radical (unpaired) electrons. The minimum Gasteiger partial charge on any atom is -1.00 e. The average molecular weight is 220 g/mol. The molecule has 64 valence electrons. The molecule has 0 aromatic rings. The van der Waals surface area contributed by atoms with E-state index in [0.717, 1.165) is 25.6 Å². The zero-order valence-electron chi connectivity index (χ0n) is 7.01. The maximum absolute atomic E-state index is 5.27. The minimum atomic E-state index is 0. The van der Waals surface area contributed by atoms with Crippen LogP contribution >= 0.6 is 0 Å². The molecule has 0 bridgehead atoms. The van der Waals surface area contributed by atoms with Crippen molar-refractivity contribution in [2.75, 3.05) is 19.7 Å². The summed E-state index contributed by atoms with van der Waals surface area (Å²) in [7, 11) is 0. The first-order valence-corrected chi connectivity index (χ1v) is 3.67. The fraction of sp³-hybridized carbons (Fsp3) is 0.625. The molecule has 0 amide bonds. The van der Waals surface area contributed by atoms with Gasteiger partial charge in [0.15, 0.2) is 19.7 Å². The lowest BCUT2D eigenvalue weighted by molar-refractivity contribution is -0.508. The molecule has 1 rings (SSSR count). The predicted molar refractivity (Wildman–Crippen MR) is 41.4 cm³/mol. The molecule has 0 aliphatic carbocycles. The quantitative estimate of drug-likeness (QED) is 0.388. The van der Waals surface area contributed by atoms with Crippen LogP contribution in [-0.2, 0) is 4.74 Å². The molecule has 0 saturated heterocycles. The molecule has 0 saturated carbocycles. The Bertz CT molecular complexity index is 175. The molecule has 1 aliphatic heterocycles. The average Bonchev–Trinajstić information content (AvgIpc) is 2.31. The van der Waals surface area contributed by atoms with Gasteiger partial charge in [-0.15, -0.1) is 0 Å². The van der Waals surface area contributed by atoms with Crippen molar-refractivity contribution in [1.29, 1.82) is 0 Å². The lowest BCUT2D eigenvalue weighted by Crippen LogP contribution is -3.00. The second-order valence-electron chi connectivity index (χ2n) is 2.38. The number of hydrogen-bond donors (Lipinski definition) is 0. The van der Waals surface area contributed by atoms with E-state index in [4.69, 9.17) is 4.74 Å². The molecule has 3 heteroatoms. The van der Waals surface area contributed by atoms with Crippen LogP contribution in [0.5, 0.6) is 0 Å². The first kappa shape index (κ1) is 10.7. The topological polar surface area (TPSA) is 12.2 Å². The van der Waals surface area contributed by atoms with Crippen LogP contribution in [-0.4, -0.2) is 30.2 Å². The van der Waals surface area contributed by atoms with E-state index in [0.29, 0.717) is 0 Å². The third kappa shape index (κ3) is 3.06. The van der Waals surface area contributed by atoms with Gasteiger partial charge in [-0.1, -0.05) is 6.08 Å². The van der Waals surface area contributed by atoms with E-state index in [9.17, 15) is 0 Å². The first-order valence-electron chi connectivity index (χ1n) is 3.67. The van der Waals surface area contributed by atoms with Crippen LogP contribution in [0, 0.1) is 0 Å². The molecule has 11 heavy (non-hydrogen) atoms. The second-order valence-corrected chi connectivity index (χ2v) is 2.38. The van der Waals surface area contributed by atoms with Crippen molar-refractivity contribution in [3.8, 4) is 0 Å². The van der Waals surface area contributed by atoms with Crippen molar-refractivity contribution < 1.29 is 26.3 Å². The summed E-state index contributed by atoms with van der Waals surface area (Å²) >= 11 is 0. The molecule has 0 fully saturated rings. The van der Waals surface area contributed by atoms with Gasteiger partial charge in [-0.05, 0) is 13.0 Å². The van der Waals surface area contributed by atoms with Gasteiger partial charge in [-0.25, -0.2) is 0 Å². The summed E-state index contributed by atoms with van der Waals surface area (Å²) in [5.74, 6) is 1.05. The zero-order chi connectivity index (χ0) is 7.40. The monoisotopic (exact) mass is 219 g/mol. The Hall–Kier alpha value is -0.310. The predicted octanol–water partition coefficient (Wildman–Crippen LogP) is -1.97. The number of hydrogen-bond acceptors (Lipinski definition) is 1. The Kier molecular flexibility index (Phi) is 5.20. The maximum atomic E-state index is 5.27. The van der Waals surface area contributed by atoms with Gasteiger partial charge < -0.3 is 21.7 Å². The zero-order valence-corrected chi connectivity index (χ0v) is 8.60. The maximum Gasteiger partial charge on any atom is 0.333 e. The summed E-state index contributed by atoms with van der Waals surface area (Å²) in [5.41, 5.74) is 0. The van der Waals surface area contributed by atoms with E-state index in [-0.39, 0.29) is 17.0 Å². The van der Waals surface area contributed by atoms with Gasteiger partial charge in [0, 0.05) is 0 Å². The Labute approximate surface area is 78.3 Å². The summed E-state index contributed by atoms with van der Waals surface area (Å²) in [5, 5.41) is 0. The van der Waals surface area contributed by atoms with Crippen LogP contribution in [0.15, 0.2) is 12.2 Å². The molecule has 0 aromatic heterocycles. The highest BCUT2D eigenvalue weighted by Gasteiger charge is 2.16. The highest BCUT2D eigenvalue weighted by molar-refractivity contribution is 5.68. The lowest BCUT2D eigenvalue weighted by Gasteiger charge is -1.89. The van der Waals surface area contributed by atoms with E-state index in [1.54, 1.807) is 0 Å². The van der Waals surface area contributed by atoms with Crippen LogP contribution in [0.25, 0.3) is 0 Å². The summed E-state index contributed by atoms with van der Waals surface area (Å²) in [6.45, 7) is 6.92. The largest absolute Gasteiger partial charge is 1.00 e. The number of allylic oxidation sites excluding steroid dienone is 1. The number of rotatable bonds is 2. The number of halogens is 1. The molecule has 0 atom stereocenters. The SMILES string of the molecule is CC=CC[N+]1=C(C)OCC1.[Br-]. The molecule has 1 aliphatic rings. The Morgan fingerprint density at radius 2 is 2.36 bits per heavy atom. The number of nitrogens with zero attached hydrogens (tertiary/aromatic N) is 1. The van der Waals surface area contributed by atoms with E-state index < -0.39 is 0 Å². The van der Waals surface area contributed by atoms with Gasteiger partial charge in [0.25, 0.3) is 0 Å². The second kappa shape index (κ2) is 5.35. The Morgan fingerprint density at radius 1 is 1.64 bits per heavy atom. The summed E-state index contributed by atoms with van der Waals surface area (Å²) in [6.07, 6.45) is 4.20. The third-order valence-corrected chi connectivity index (χ3v) is 1.68. The van der Waals surface area contributed by atoms with Crippen molar-refractivity contribution in [1.82, 2.24) is 0 Å². The standard InChI is InChI=1S/C8H14NO.BrH/c1-3-4-5-9-6-7-10-8(9)2;/h3-4H,5-7H2,1-2H3;1H/q+1;/p-1. The fourth-order valence-corrected chi connectivity index (χ4v) is 1.00. The van der Waals surface area contributed by atoms with Gasteiger partial charge in [-0.2, -0.15) is 4.58 Å². The van der Waals surface area contributed by atoms with Crippen molar-refractivity contribution >= 4 is 5.90 Å². The van der Waals surface area contributed by atoms with Gasteiger partial charge in [0.05, 0.1) is 6.92 Å². The van der Waals surface area contributed by atoms with E-state index in [2.05, 4.69) is 16.7 Å². The molecule has 0 spiro atoms. The molecule has 1 heterocycles. The summed E-state index contributed by atoms with van der Waals surface area (Å²) in [4.78, 5) is 0. The van der Waals surface area contributed by atoms with Gasteiger partial charge in [0.1, 0.15) is 0 Å². The first-order chi connectivity index (χ1) is 4.84. The van der Waals surface area contributed by atoms with Crippen LogP contribution in [0.1, 0.15) is 13.8 Å².